The predicted molar refractivity (Wildman–Crippen MR) is 124 cm³/mol. The van der Waals surface area contributed by atoms with Gasteiger partial charge in [0.1, 0.15) is 17.4 Å². The van der Waals surface area contributed by atoms with Crippen molar-refractivity contribution in [3.63, 3.8) is 0 Å². The zero-order valence-electron chi connectivity index (χ0n) is 16.1. The molecule has 1 aliphatic carbocycles. The van der Waals surface area contributed by atoms with Crippen LogP contribution in [0.1, 0.15) is 18.4 Å². The van der Waals surface area contributed by atoms with E-state index < -0.39 is 0 Å². The Morgan fingerprint density at radius 3 is 2.83 bits per heavy atom. The Kier molecular flexibility index (Phi) is 6.94. The van der Waals surface area contributed by atoms with Crippen LogP contribution >= 0.6 is 34.9 Å². The number of hydrogen-bond acceptors (Lipinski definition) is 6. The lowest BCUT2D eigenvalue weighted by Crippen LogP contribution is -2.36. The van der Waals surface area contributed by atoms with E-state index in [1.165, 1.54) is 35.4 Å². The van der Waals surface area contributed by atoms with Gasteiger partial charge in [-0.25, -0.2) is 9.37 Å². The Hall–Kier alpha value is -2.06. The maximum atomic E-state index is 13.3. The number of nitrogens with zero attached hydrogens (tertiary/aromatic N) is 1. The number of halogens is 2. The van der Waals surface area contributed by atoms with Crippen LogP contribution in [0.2, 0.25) is 5.02 Å². The molecule has 0 spiro atoms. The van der Waals surface area contributed by atoms with Gasteiger partial charge in [0.25, 0.3) is 0 Å². The van der Waals surface area contributed by atoms with Crippen molar-refractivity contribution in [3.8, 4) is 5.75 Å². The lowest BCUT2D eigenvalue weighted by molar-refractivity contribution is 0.253. The average Bonchev–Trinajstić information content (AvgIpc) is 3.26. The number of nitrogens with one attached hydrogen (secondary N) is 1. The molecule has 1 aromatic heterocycles. The topological polar surface area (TPSA) is 60.2 Å². The van der Waals surface area contributed by atoms with Crippen LogP contribution < -0.4 is 15.2 Å². The smallest absolute Gasteiger partial charge is 0.147 e. The third-order valence-electron chi connectivity index (χ3n) is 4.99. The largest absolute Gasteiger partial charge is 0.491 e. The van der Waals surface area contributed by atoms with E-state index in [2.05, 4.69) is 15.8 Å². The van der Waals surface area contributed by atoms with Crippen LogP contribution in [0.25, 0.3) is 5.57 Å². The van der Waals surface area contributed by atoms with Crippen molar-refractivity contribution >= 4 is 46.3 Å². The second kappa shape index (κ2) is 9.83. The highest BCUT2D eigenvalue weighted by Gasteiger charge is 2.27. The number of ether oxygens (including phenoxy) is 1. The number of thiazole rings is 1. The van der Waals surface area contributed by atoms with E-state index in [9.17, 15) is 4.39 Å². The predicted octanol–water partition coefficient (Wildman–Crippen LogP) is 6.25. The van der Waals surface area contributed by atoms with E-state index in [4.69, 9.17) is 22.1 Å². The van der Waals surface area contributed by atoms with Crippen LogP contribution in [0, 0.1) is 11.7 Å². The Morgan fingerprint density at radius 1 is 1.27 bits per heavy atom. The molecule has 156 valence electrons. The first-order valence-electron chi connectivity index (χ1n) is 9.55. The van der Waals surface area contributed by atoms with E-state index in [1.54, 1.807) is 17.6 Å². The van der Waals surface area contributed by atoms with Crippen LogP contribution in [0.4, 0.5) is 10.2 Å². The van der Waals surface area contributed by atoms with Crippen LogP contribution in [0.3, 0.4) is 0 Å². The van der Waals surface area contributed by atoms with Gasteiger partial charge in [-0.3, -0.25) is 0 Å². The molecule has 0 bridgehead atoms. The number of benzene rings is 2. The minimum absolute atomic E-state index is 0.0145. The first-order chi connectivity index (χ1) is 14.6. The monoisotopic (exact) mass is 461 g/mol. The van der Waals surface area contributed by atoms with Crippen molar-refractivity contribution in [2.75, 3.05) is 11.3 Å². The zero-order valence-corrected chi connectivity index (χ0v) is 18.4. The van der Waals surface area contributed by atoms with Gasteiger partial charge in [0.05, 0.1) is 17.1 Å². The molecule has 3 N–H and O–H groups in total. The minimum Gasteiger partial charge on any atom is -0.491 e. The quantitative estimate of drug-likeness (QED) is 0.407. The molecule has 4 nitrogen and oxygen atoms in total. The molecule has 0 amide bonds. The lowest BCUT2D eigenvalue weighted by atomic mass is 9.81. The molecular formula is C22H21ClFN3OS2. The summed E-state index contributed by atoms with van der Waals surface area (Å²) in [6.45, 7) is 0.410. The molecule has 1 aliphatic rings. The molecule has 3 aromatic rings. The van der Waals surface area contributed by atoms with Crippen LogP contribution in [-0.2, 0) is 0 Å². The number of aromatic nitrogens is 1. The van der Waals surface area contributed by atoms with E-state index in [0.29, 0.717) is 17.4 Å². The summed E-state index contributed by atoms with van der Waals surface area (Å²) in [5.41, 5.74) is 10.3. The number of hydrogen-bond donors (Lipinski definition) is 2. The Labute approximate surface area is 188 Å². The molecule has 2 aromatic carbocycles. The van der Waals surface area contributed by atoms with Gasteiger partial charge in [-0.15, -0.1) is 11.3 Å². The highest BCUT2D eigenvalue weighted by molar-refractivity contribution is 8.00. The fourth-order valence-corrected chi connectivity index (χ4v) is 4.92. The molecular weight excluding hydrogens is 441 g/mol. The second-order valence-electron chi connectivity index (χ2n) is 7.00. The number of nitrogens with two attached hydrogens (primary N) is 1. The number of anilines is 1. The van der Waals surface area contributed by atoms with Gasteiger partial charge in [-0.1, -0.05) is 29.8 Å². The van der Waals surface area contributed by atoms with Gasteiger partial charge in [-0.2, -0.15) is 0 Å². The minimum atomic E-state index is -0.249. The normalized spacial score (nSPS) is 18.7. The summed E-state index contributed by atoms with van der Waals surface area (Å²) >= 11 is 9.42. The molecule has 2 atom stereocenters. The highest BCUT2D eigenvalue weighted by Crippen LogP contribution is 2.35. The van der Waals surface area contributed by atoms with Gasteiger partial charge >= 0.3 is 0 Å². The summed E-state index contributed by atoms with van der Waals surface area (Å²) in [6.07, 6.45) is 3.98. The molecule has 30 heavy (non-hydrogen) atoms. The maximum absolute atomic E-state index is 13.3. The Balaban J connectivity index is 1.42. The van der Waals surface area contributed by atoms with Crippen LogP contribution in [0.5, 0.6) is 5.75 Å². The average molecular weight is 462 g/mol. The molecule has 0 saturated carbocycles. The van der Waals surface area contributed by atoms with Crippen molar-refractivity contribution in [3.05, 3.63) is 75.8 Å². The van der Waals surface area contributed by atoms with Crippen LogP contribution in [-0.4, -0.2) is 17.6 Å². The van der Waals surface area contributed by atoms with Gasteiger partial charge in [0.15, 0.2) is 0 Å². The summed E-state index contributed by atoms with van der Waals surface area (Å²) in [5.74, 6) is 1.20. The van der Waals surface area contributed by atoms with Crippen molar-refractivity contribution in [2.24, 2.45) is 11.7 Å². The van der Waals surface area contributed by atoms with Crippen molar-refractivity contribution in [2.45, 2.75) is 23.8 Å². The number of allylic oxidation sites excluding steroid dienone is 1. The van der Waals surface area contributed by atoms with Crippen molar-refractivity contribution in [1.82, 2.24) is 4.98 Å². The zero-order chi connectivity index (χ0) is 20.9. The van der Waals surface area contributed by atoms with Crippen molar-refractivity contribution < 1.29 is 9.13 Å². The molecule has 2 unspecified atom stereocenters. The summed E-state index contributed by atoms with van der Waals surface area (Å²) in [6, 6.07) is 12.2. The Bertz CT molecular complexity index is 1010. The summed E-state index contributed by atoms with van der Waals surface area (Å²) < 4.78 is 22.5. The standard InChI is InChI=1S/C22H21ClFN3OS2/c23-19-10-16(30-27-22-12-29-13-26-22)8-9-21(19)28-11-18-17(2-1-3-20(18)25)14-4-6-15(24)7-5-14/h2,4-10,12-13,18,20,27H,1,3,11,25H2. The number of rotatable bonds is 7. The molecule has 4 rings (SSSR count). The first kappa shape index (κ1) is 21.2. The summed E-state index contributed by atoms with van der Waals surface area (Å²) in [5, 5.41) is 2.47. The first-order valence-corrected chi connectivity index (χ1v) is 11.7. The maximum Gasteiger partial charge on any atom is 0.147 e. The van der Waals surface area contributed by atoms with Gasteiger partial charge in [0, 0.05) is 22.2 Å². The highest BCUT2D eigenvalue weighted by atomic mass is 35.5. The van der Waals surface area contributed by atoms with E-state index in [0.717, 1.165) is 34.7 Å². The van der Waals surface area contributed by atoms with Gasteiger partial charge < -0.3 is 15.2 Å². The van der Waals surface area contributed by atoms with Crippen molar-refractivity contribution in [1.29, 1.82) is 0 Å². The van der Waals surface area contributed by atoms with Gasteiger partial charge in [-0.05, 0) is 66.3 Å². The molecule has 0 fully saturated rings. The summed E-state index contributed by atoms with van der Waals surface area (Å²) in [4.78, 5) is 5.15. The third-order valence-corrected chi connectivity index (χ3v) is 6.67. The fraction of sp³-hybridized carbons (Fsp3) is 0.227. The summed E-state index contributed by atoms with van der Waals surface area (Å²) in [7, 11) is 0. The molecule has 0 radical (unpaired) electrons. The molecule has 0 saturated heterocycles. The fourth-order valence-electron chi connectivity index (χ4n) is 3.42. The molecule has 8 heteroatoms. The van der Waals surface area contributed by atoms with E-state index >= 15 is 0 Å². The van der Waals surface area contributed by atoms with E-state index in [1.807, 2.05) is 23.6 Å². The molecule has 0 aliphatic heterocycles. The van der Waals surface area contributed by atoms with E-state index in [-0.39, 0.29) is 17.8 Å². The molecule has 1 heterocycles. The SMILES string of the molecule is NC1CCC=C(c2ccc(F)cc2)C1COc1ccc(SNc2cscn2)cc1Cl. The van der Waals surface area contributed by atoms with Crippen LogP contribution in [0.15, 0.2) is 64.3 Å². The lowest BCUT2D eigenvalue weighted by Gasteiger charge is -2.30. The Morgan fingerprint density at radius 2 is 2.10 bits per heavy atom. The second-order valence-corrected chi connectivity index (χ2v) is 9.00. The van der Waals surface area contributed by atoms with Gasteiger partial charge in [0.2, 0.25) is 0 Å². The third kappa shape index (κ3) is 5.16.